The standard InChI is InChI=1S/C21H41NO3/c1-4-7-8-9-10-11-12-13-14-15-16-17-19(18-20(23)24)21(25)22(5-2)6-3/h19H,4-18H2,1-3H3,(H,23,24). The van der Waals surface area contributed by atoms with Crippen LogP contribution in [0.3, 0.4) is 0 Å². The number of hydrogen-bond donors (Lipinski definition) is 1. The maximum absolute atomic E-state index is 12.4. The molecular formula is C21H41NO3. The lowest BCUT2D eigenvalue weighted by Gasteiger charge is -2.24. The van der Waals surface area contributed by atoms with Gasteiger partial charge in [0.05, 0.1) is 6.42 Å². The molecule has 0 aliphatic carbocycles. The van der Waals surface area contributed by atoms with Crippen LogP contribution in [-0.4, -0.2) is 35.0 Å². The van der Waals surface area contributed by atoms with Crippen LogP contribution in [0.5, 0.6) is 0 Å². The summed E-state index contributed by atoms with van der Waals surface area (Å²) in [4.78, 5) is 25.2. The zero-order valence-corrected chi connectivity index (χ0v) is 16.9. The minimum absolute atomic E-state index is 0.0134. The minimum Gasteiger partial charge on any atom is -0.481 e. The summed E-state index contributed by atoms with van der Waals surface area (Å²) in [7, 11) is 0. The monoisotopic (exact) mass is 355 g/mol. The molecule has 4 nitrogen and oxygen atoms in total. The fraction of sp³-hybridized carbons (Fsp3) is 0.905. The topological polar surface area (TPSA) is 57.6 Å². The molecule has 0 heterocycles. The summed E-state index contributed by atoms with van der Waals surface area (Å²) in [6.07, 6.45) is 14.6. The van der Waals surface area contributed by atoms with E-state index >= 15 is 0 Å². The van der Waals surface area contributed by atoms with Gasteiger partial charge in [0, 0.05) is 19.0 Å². The van der Waals surface area contributed by atoms with E-state index in [-0.39, 0.29) is 18.2 Å². The second-order valence-corrected chi connectivity index (χ2v) is 7.13. The molecule has 0 aromatic heterocycles. The summed E-state index contributed by atoms with van der Waals surface area (Å²) in [5.41, 5.74) is 0. The Hall–Kier alpha value is -1.06. The van der Waals surface area contributed by atoms with E-state index in [1.54, 1.807) is 4.90 Å². The number of carboxylic acid groups (broad SMARTS) is 1. The van der Waals surface area contributed by atoms with Crippen molar-refractivity contribution in [3.8, 4) is 0 Å². The van der Waals surface area contributed by atoms with E-state index in [9.17, 15) is 9.59 Å². The predicted octanol–water partition coefficient (Wildman–Crippen LogP) is 5.65. The van der Waals surface area contributed by atoms with Crippen molar-refractivity contribution in [1.82, 2.24) is 4.90 Å². The van der Waals surface area contributed by atoms with Gasteiger partial charge in [0.15, 0.2) is 0 Å². The van der Waals surface area contributed by atoms with Crippen molar-refractivity contribution in [1.29, 1.82) is 0 Å². The molecule has 25 heavy (non-hydrogen) atoms. The van der Waals surface area contributed by atoms with E-state index in [0.29, 0.717) is 19.5 Å². The number of carbonyl (C=O) groups is 2. The molecule has 0 fully saturated rings. The number of aliphatic carboxylic acids is 1. The van der Waals surface area contributed by atoms with Gasteiger partial charge >= 0.3 is 5.97 Å². The number of hydrogen-bond acceptors (Lipinski definition) is 2. The Morgan fingerprint density at radius 1 is 0.760 bits per heavy atom. The van der Waals surface area contributed by atoms with Gasteiger partial charge in [-0.2, -0.15) is 0 Å². The van der Waals surface area contributed by atoms with E-state index in [0.717, 1.165) is 12.8 Å². The first-order chi connectivity index (χ1) is 12.1. The molecule has 1 unspecified atom stereocenters. The highest BCUT2D eigenvalue weighted by atomic mass is 16.4. The molecule has 1 N–H and O–H groups in total. The van der Waals surface area contributed by atoms with Gasteiger partial charge in [-0.15, -0.1) is 0 Å². The van der Waals surface area contributed by atoms with Gasteiger partial charge in [-0.05, 0) is 20.3 Å². The first kappa shape index (κ1) is 23.9. The van der Waals surface area contributed by atoms with Crippen molar-refractivity contribution in [2.75, 3.05) is 13.1 Å². The van der Waals surface area contributed by atoms with Crippen LogP contribution >= 0.6 is 0 Å². The third-order valence-corrected chi connectivity index (χ3v) is 5.00. The number of nitrogens with zero attached hydrogens (tertiary/aromatic N) is 1. The Kier molecular flexibility index (Phi) is 15.7. The first-order valence-electron chi connectivity index (χ1n) is 10.6. The Labute approximate surface area is 155 Å². The lowest BCUT2D eigenvalue weighted by Crippen LogP contribution is -2.36. The second-order valence-electron chi connectivity index (χ2n) is 7.13. The van der Waals surface area contributed by atoms with E-state index in [2.05, 4.69) is 6.92 Å². The number of rotatable bonds is 17. The molecule has 0 aliphatic heterocycles. The molecule has 4 heteroatoms. The molecule has 0 rings (SSSR count). The summed E-state index contributed by atoms with van der Waals surface area (Å²) < 4.78 is 0. The van der Waals surface area contributed by atoms with Crippen LogP contribution in [0.15, 0.2) is 0 Å². The second kappa shape index (κ2) is 16.4. The van der Waals surface area contributed by atoms with Gasteiger partial charge in [0.1, 0.15) is 0 Å². The van der Waals surface area contributed by atoms with Crippen LogP contribution in [0, 0.1) is 5.92 Å². The molecule has 0 aromatic rings. The molecule has 0 bridgehead atoms. The van der Waals surface area contributed by atoms with Crippen LogP contribution in [0.1, 0.15) is 104 Å². The van der Waals surface area contributed by atoms with Crippen LogP contribution in [0.4, 0.5) is 0 Å². The number of amides is 1. The highest BCUT2D eigenvalue weighted by molar-refractivity contribution is 5.83. The Bertz CT molecular complexity index is 340. The molecular weight excluding hydrogens is 314 g/mol. The maximum atomic E-state index is 12.4. The smallest absolute Gasteiger partial charge is 0.304 e. The summed E-state index contributed by atoms with van der Waals surface area (Å²) in [5, 5.41) is 9.07. The third kappa shape index (κ3) is 12.9. The Morgan fingerprint density at radius 3 is 1.60 bits per heavy atom. The number of carbonyl (C=O) groups excluding carboxylic acids is 1. The van der Waals surface area contributed by atoms with Crippen molar-refractivity contribution < 1.29 is 14.7 Å². The third-order valence-electron chi connectivity index (χ3n) is 5.00. The zero-order valence-electron chi connectivity index (χ0n) is 16.9. The van der Waals surface area contributed by atoms with Crippen LogP contribution in [0.2, 0.25) is 0 Å². The number of unbranched alkanes of at least 4 members (excludes halogenated alkanes) is 10. The normalized spacial score (nSPS) is 12.1. The Balaban J connectivity index is 3.85. The van der Waals surface area contributed by atoms with Crippen molar-refractivity contribution in [3.63, 3.8) is 0 Å². The van der Waals surface area contributed by atoms with Crippen molar-refractivity contribution in [2.24, 2.45) is 5.92 Å². The fourth-order valence-electron chi connectivity index (χ4n) is 3.37. The van der Waals surface area contributed by atoms with Crippen molar-refractivity contribution in [3.05, 3.63) is 0 Å². The molecule has 0 saturated carbocycles. The van der Waals surface area contributed by atoms with Crippen LogP contribution in [0.25, 0.3) is 0 Å². The molecule has 148 valence electrons. The maximum Gasteiger partial charge on any atom is 0.304 e. The molecule has 0 saturated heterocycles. The Morgan fingerprint density at radius 2 is 1.20 bits per heavy atom. The summed E-state index contributed by atoms with van der Waals surface area (Å²) in [6.45, 7) is 7.45. The fourth-order valence-corrected chi connectivity index (χ4v) is 3.37. The van der Waals surface area contributed by atoms with Gasteiger partial charge in [-0.3, -0.25) is 9.59 Å². The molecule has 0 aromatic carbocycles. The van der Waals surface area contributed by atoms with Crippen LogP contribution < -0.4 is 0 Å². The summed E-state index contributed by atoms with van der Waals surface area (Å²) in [5.74, 6) is -1.20. The largest absolute Gasteiger partial charge is 0.481 e. The summed E-state index contributed by atoms with van der Waals surface area (Å²) >= 11 is 0. The first-order valence-corrected chi connectivity index (χ1v) is 10.6. The predicted molar refractivity (Wildman–Crippen MR) is 105 cm³/mol. The molecule has 0 spiro atoms. The number of carboxylic acids is 1. The van der Waals surface area contributed by atoms with Gasteiger partial charge in [-0.25, -0.2) is 0 Å². The van der Waals surface area contributed by atoms with Gasteiger partial charge in [-0.1, -0.05) is 77.6 Å². The SMILES string of the molecule is CCCCCCCCCCCCCC(CC(=O)O)C(=O)N(CC)CC. The highest BCUT2D eigenvalue weighted by Crippen LogP contribution is 2.19. The molecule has 0 radical (unpaired) electrons. The van der Waals surface area contributed by atoms with Gasteiger partial charge < -0.3 is 10.0 Å². The van der Waals surface area contributed by atoms with Crippen molar-refractivity contribution >= 4 is 11.9 Å². The van der Waals surface area contributed by atoms with E-state index in [1.165, 1.54) is 57.8 Å². The van der Waals surface area contributed by atoms with E-state index < -0.39 is 5.97 Å². The molecule has 0 aliphatic rings. The average Bonchev–Trinajstić information content (AvgIpc) is 2.59. The highest BCUT2D eigenvalue weighted by Gasteiger charge is 2.24. The van der Waals surface area contributed by atoms with Gasteiger partial charge in [0.25, 0.3) is 0 Å². The quantitative estimate of drug-likeness (QED) is 0.343. The lowest BCUT2D eigenvalue weighted by molar-refractivity contribution is -0.144. The van der Waals surface area contributed by atoms with Gasteiger partial charge in [0.2, 0.25) is 5.91 Å². The summed E-state index contributed by atoms with van der Waals surface area (Å²) in [6, 6.07) is 0. The van der Waals surface area contributed by atoms with Crippen molar-refractivity contribution in [2.45, 2.75) is 104 Å². The van der Waals surface area contributed by atoms with E-state index in [1.807, 2.05) is 13.8 Å². The van der Waals surface area contributed by atoms with Crippen LogP contribution in [-0.2, 0) is 9.59 Å². The zero-order chi connectivity index (χ0) is 18.9. The minimum atomic E-state index is -0.867. The van der Waals surface area contributed by atoms with E-state index in [4.69, 9.17) is 5.11 Å². The molecule has 1 amide bonds. The average molecular weight is 356 g/mol. The molecule has 1 atom stereocenters. The lowest BCUT2D eigenvalue weighted by atomic mass is 9.95.